The Bertz CT molecular complexity index is 567. The van der Waals surface area contributed by atoms with Gasteiger partial charge in [0.05, 0.1) is 13.2 Å². The van der Waals surface area contributed by atoms with Crippen LogP contribution in [0.2, 0.25) is 0 Å². The highest BCUT2D eigenvalue weighted by molar-refractivity contribution is 5.88. The van der Waals surface area contributed by atoms with Crippen LogP contribution in [0.3, 0.4) is 0 Å². The summed E-state index contributed by atoms with van der Waals surface area (Å²) in [5, 5.41) is 15.5. The number of benzene rings is 2. The third-order valence-corrected chi connectivity index (χ3v) is 3.61. The zero-order valence-electron chi connectivity index (χ0n) is 10.4. The molecule has 3 rings (SSSR count). The fourth-order valence-corrected chi connectivity index (χ4v) is 2.75. The minimum atomic E-state index is -0.265. The van der Waals surface area contributed by atoms with Gasteiger partial charge in [0.1, 0.15) is 5.75 Å². The van der Waals surface area contributed by atoms with E-state index in [0.29, 0.717) is 6.54 Å². The van der Waals surface area contributed by atoms with Crippen molar-refractivity contribution < 1.29 is 9.84 Å². The summed E-state index contributed by atoms with van der Waals surface area (Å²) >= 11 is 0. The van der Waals surface area contributed by atoms with E-state index in [1.165, 1.54) is 10.8 Å². The van der Waals surface area contributed by atoms with E-state index in [0.717, 1.165) is 17.7 Å². The molecule has 0 aromatic heterocycles. The second-order valence-corrected chi connectivity index (χ2v) is 4.75. The summed E-state index contributed by atoms with van der Waals surface area (Å²) in [6.07, 6.45) is 0.475. The predicted octanol–water partition coefficient (Wildman–Crippen LogP) is 2.24. The van der Waals surface area contributed by atoms with Crippen molar-refractivity contribution >= 4 is 10.8 Å². The average Bonchev–Trinajstić information content (AvgIpc) is 2.83. The number of β-amino-alcohol motifs (C(OH)–C–C–N with tert-alkyl or cyclic N) is 1. The number of hydrogen-bond donors (Lipinski definition) is 2. The number of rotatable bonds is 2. The quantitative estimate of drug-likeness (QED) is 0.850. The lowest BCUT2D eigenvalue weighted by atomic mass is 9.96. The topological polar surface area (TPSA) is 41.5 Å². The normalized spacial score (nSPS) is 23.4. The Morgan fingerprint density at radius 1 is 1.22 bits per heavy atom. The summed E-state index contributed by atoms with van der Waals surface area (Å²) in [6.45, 7) is 0.650. The maximum atomic E-state index is 9.69. The summed E-state index contributed by atoms with van der Waals surface area (Å²) in [4.78, 5) is 0. The molecule has 2 aromatic rings. The molecule has 2 aromatic carbocycles. The lowest BCUT2D eigenvalue weighted by Crippen LogP contribution is -2.15. The Kier molecular flexibility index (Phi) is 2.94. The first-order valence-corrected chi connectivity index (χ1v) is 6.26. The summed E-state index contributed by atoms with van der Waals surface area (Å²) < 4.78 is 5.48. The second kappa shape index (κ2) is 4.59. The van der Waals surface area contributed by atoms with Crippen LogP contribution in [0.25, 0.3) is 10.8 Å². The average molecular weight is 243 g/mol. The van der Waals surface area contributed by atoms with Crippen LogP contribution in [0.15, 0.2) is 36.4 Å². The summed E-state index contributed by atoms with van der Waals surface area (Å²) in [6, 6.07) is 12.5. The number of aliphatic hydroxyl groups excluding tert-OH is 1. The van der Waals surface area contributed by atoms with Crippen molar-refractivity contribution in [3.63, 3.8) is 0 Å². The summed E-state index contributed by atoms with van der Waals surface area (Å²) in [5.41, 5.74) is 1.16. The van der Waals surface area contributed by atoms with Crippen molar-refractivity contribution in [2.24, 2.45) is 0 Å². The molecular formula is C15H17NO2. The SMILES string of the molecule is COc1ccc2ccccc2c1C1CC(O)CN1. The monoisotopic (exact) mass is 243 g/mol. The first-order valence-electron chi connectivity index (χ1n) is 6.26. The minimum Gasteiger partial charge on any atom is -0.496 e. The van der Waals surface area contributed by atoms with Crippen LogP contribution in [-0.4, -0.2) is 24.9 Å². The van der Waals surface area contributed by atoms with Crippen molar-refractivity contribution in [1.29, 1.82) is 0 Å². The molecule has 1 heterocycles. The van der Waals surface area contributed by atoms with Crippen LogP contribution in [-0.2, 0) is 0 Å². The van der Waals surface area contributed by atoms with Gasteiger partial charge < -0.3 is 15.2 Å². The van der Waals surface area contributed by atoms with Gasteiger partial charge in [-0.25, -0.2) is 0 Å². The lowest BCUT2D eigenvalue weighted by molar-refractivity contribution is 0.193. The van der Waals surface area contributed by atoms with Gasteiger partial charge in [-0.05, 0) is 23.3 Å². The van der Waals surface area contributed by atoms with Gasteiger partial charge in [0.25, 0.3) is 0 Å². The van der Waals surface area contributed by atoms with Gasteiger partial charge in [0.15, 0.2) is 0 Å². The molecule has 0 amide bonds. The molecule has 1 saturated heterocycles. The highest BCUT2D eigenvalue weighted by Crippen LogP contribution is 2.36. The van der Waals surface area contributed by atoms with Gasteiger partial charge >= 0.3 is 0 Å². The molecule has 18 heavy (non-hydrogen) atoms. The van der Waals surface area contributed by atoms with Crippen LogP contribution in [0.4, 0.5) is 0 Å². The highest BCUT2D eigenvalue weighted by Gasteiger charge is 2.27. The van der Waals surface area contributed by atoms with Gasteiger partial charge in [-0.2, -0.15) is 0 Å². The molecule has 2 atom stereocenters. The molecule has 0 saturated carbocycles. The Hall–Kier alpha value is -1.58. The van der Waals surface area contributed by atoms with E-state index in [-0.39, 0.29) is 12.1 Å². The second-order valence-electron chi connectivity index (χ2n) is 4.75. The zero-order chi connectivity index (χ0) is 12.5. The number of aliphatic hydroxyl groups is 1. The molecule has 0 radical (unpaired) electrons. The minimum absolute atomic E-state index is 0.168. The van der Waals surface area contributed by atoms with Crippen molar-refractivity contribution in [3.05, 3.63) is 42.0 Å². The molecule has 2 N–H and O–H groups in total. The standard InChI is InChI=1S/C15H17NO2/c1-18-14-7-6-10-4-2-3-5-12(10)15(14)13-8-11(17)9-16-13/h2-7,11,13,16-17H,8-9H2,1H3. The Morgan fingerprint density at radius 2 is 2.06 bits per heavy atom. The molecule has 1 fully saturated rings. The third kappa shape index (κ3) is 1.85. The summed E-state index contributed by atoms with van der Waals surface area (Å²) in [7, 11) is 1.69. The zero-order valence-corrected chi connectivity index (χ0v) is 10.4. The van der Waals surface area contributed by atoms with Crippen LogP contribution in [0.5, 0.6) is 5.75 Å². The van der Waals surface area contributed by atoms with Crippen molar-refractivity contribution in [3.8, 4) is 5.75 Å². The van der Waals surface area contributed by atoms with Gasteiger partial charge in [-0.3, -0.25) is 0 Å². The van der Waals surface area contributed by atoms with Gasteiger partial charge in [-0.15, -0.1) is 0 Å². The fourth-order valence-electron chi connectivity index (χ4n) is 2.75. The predicted molar refractivity (Wildman–Crippen MR) is 71.9 cm³/mol. The van der Waals surface area contributed by atoms with Gasteiger partial charge in [0.2, 0.25) is 0 Å². The van der Waals surface area contributed by atoms with Crippen molar-refractivity contribution in [2.75, 3.05) is 13.7 Å². The molecule has 3 nitrogen and oxygen atoms in total. The number of methoxy groups -OCH3 is 1. The maximum absolute atomic E-state index is 9.69. The van der Waals surface area contributed by atoms with E-state index in [1.54, 1.807) is 7.11 Å². The molecular weight excluding hydrogens is 226 g/mol. The first-order chi connectivity index (χ1) is 8.79. The van der Waals surface area contributed by atoms with Crippen molar-refractivity contribution in [1.82, 2.24) is 5.32 Å². The number of fused-ring (bicyclic) bond motifs is 1. The summed E-state index contributed by atoms with van der Waals surface area (Å²) in [5.74, 6) is 0.889. The van der Waals surface area contributed by atoms with Crippen LogP contribution < -0.4 is 10.1 Å². The molecule has 94 valence electrons. The smallest absolute Gasteiger partial charge is 0.124 e. The molecule has 0 spiro atoms. The lowest BCUT2D eigenvalue weighted by Gasteiger charge is -2.17. The first kappa shape index (κ1) is 11.5. The van der Waals surface area contributed by atoms with Gasteiger partial charge in [0, 0.05) is 18.2 Å². The highest BCUT2D eigenvalue weighted by atomic mass is 16.5. The largest absolute Gasteiger partial charge is 0.496 e. The Morgan fingerprint density at radius 3 is 2.78 bits per heavy atom. The molecule has 1 aliphatic rings. The Balaban J connectivity index is 2.17. The van der Waals surface area contributed by atoms with E-state index in [9.17, 15) is 5.11 Å². The number of nitrogens with one attached hydrogen (secondary N) is 1. The number of hydrogen-bond acceptors (Lipinski definition) is 3. The molecule has 1 aliphatic heterocycles. The molecule has 0 bridgehead atoms. The van der Waals surface area contributed by atoms with Gasteiger partial charge in [-0.1, -0.05) is 30.3 Å². The molecule has 3 heteroatoms. The van der Waals surface area contributed by atoms with E-state index in [1.807, 2.05) is 18.2 Å². The Labute approximate surface area is 106 Å². The third-order valence-electron chi connectivity index (χ3n) is 3.61. The van der Waals surface area contributed by atoms with E-state index in [4.69, 9.17) is 4.74 Å². The van der Waals surface area contributed by atoms with Crippen LogP contribution in [0.1, 0.15) is 18.0 Å². The van der Waals surface area contributed by atoms with Crippen LogP contribution in [0, 0.1) is 0 Å². The number of ether oxygens (including phenoxy) is 1. The fraction of sp³-hybridized carbons (Fsp3) is 0.333. The van der Waals surface area contributed by atoms with Crippen LogP contribution >= 0.6 is 0 Å². The van der Waals surface area contributed by atoms with E-state index in [2.05, 4.69) is 23.5 Å². The molecule has 0 aliphatic carbocycles. The molecule has 2 unspecified atom stereocenters. The van der Waals surface area contributed by atoms with Crippen molar-refractivity contribution in [2.45, 2.75) is 18.6 Å². The van der Waals surface area contributed by atoms with E-state index < -0.39 is 0 Å². The van der Waals surface area contributed by atoms with E-state index >= 15 is 0 Å². The maximum Gasteiger partial charge on any atom is 0.124 e.